The van der Waals surface area contributed by atoms with Gasteiger partial charge in [0, 0.05) is 22.6 Å². The van der Waals surface area contributed by atoms with Crippen LogP contribution in [0.3, 0.4) is 0 Å². The lowest BCUT2D eigenvalue weighted by atomic mass is 10.1. The Kier molecular flexibility index (Phi) is 11.5. The number of sulfonamides is 1. The summed E-state index contributed by atoms with van der Waals surface area (Å²) in [6.07, 6.45) is 0.288. The zero-order valence-corrected chi connectivity index (χ0v) is 25.8. The van der Waals surface area contributed by atoms with Crippen molar-refractivity contribution in [1.29, 1.82) is 0 Å². The van der Waals surface area contributed by atoms with Crippen LogP contribution in [0, 0.1) is 0 Å². The van der Waals surface area contributed by atoms with Gasteiger partial charge in [0.15, 0.2) is 0 Å². The van der Waals surface area contributed by atoms with Gasteiger partial charge in [0.25, 0.3) is 10.0 Å². The van der Waals surface area contributed by atoms with Gasteiger partial charge >= 0.3 is 0 Å². The maximum atomic E-state index is 14.2. The van der Waals surface area contributed by atoms with Crippen molar-refractivity contribution in [2.24, 2.45) is 0 Å². The number of para-hydroxylation sites is 2. The Labute approximate surface area is 252 Å². The summed E-state index contributed by atoms with van der Waals surface area (Å²) in [5, 5.41) is 3.62. The fraction of sp³-hybridized carbons (Fsp3) is 0.333. The summed E-state index contributed by atoms with van der Waals surface area (Å²) in [5.41, 5.74) is 0.767. The van der Waals surface area contributed by atoms with E-state index in [1.165, 1.54) is 17.0 Å². The Morgan fingerprint density at radius 1 is 0.951 bits per heavy atom. The molecule has 0 bridgehead atoms. The second-order valence-electron chi connectivity index (χ2n) is 9.57. The maximum Gasteiger partial charge on any atom is 0.264 e. The number of benzene rings is 3. The summed E-state index contributed by atoms with van der Waals surface area (Å²) in [5.74, 6) is -0.639. The molecule has 0 saturated carbocycles. The minimum absolute atomic E-state index is 0.0102. The van der Waals surface area contributed by atoms with Crippen LogP contribution in [0.15, 0.2) is 77.7 Å². The number of carbonyl (C=O) groups is 2. The van der Waals surface area contributed by atoms with Crippen LogP contribution in [0.4, 0.5) is 5.69 Å². The second-order valence-corrected chi connectivity index (χ2v) is 12.3. The highest BCUT2D eigenvalue weighted by atomic mass is 35.5. The Bertz CT molecular complexity index is 1450. The molecule has 11 heteroatoms. The normalized spacial score (nSPS) is 12.1. The minimum Gasteiger partial charge on any atom is -0.492 e. The summed E-state index contributed by atoms with van der Waals surface area (Å²) in [4.78, 5) is 28.8. The number of ether oxygens (including phenoxy) is 1. The van der Waals surface area contributed by atoms with Gasteiger partial charge in [-0.05, 0) is 69.2 Å². The molecule has 0 heterocycles. The molecular formula is C30H35Cl2N3O5S. The Morgan fingerprint density at radius 2 is 1.61 bits per heavy atom. The van der Waals surface area contributed by atoms with Crippen LogP contribution in [0.25, 0.3) is 0 Å². The van der Waals surface area contributed by atoms with Crippen LogP contribution >= 0.6 is 23.2 Å². The number of hydrogen-bond acceptors (Lipinski definition) is 5. The standard InChI is InChI=1S/C30H35Cl2N3O5S/c1-5-26(30(37)33-21(3)4)34(19-22-16-17-23(31)18-25(22)32)29(36)20-35(27-14-10-11-15-28(27)40-6-2)41(38,39)24-12-8-7-9-13-24/h7-18,21,26H,5-6,19-20H2,1-4H3,(H,33,37)/t26-/m0/s1. The van der Waals surface area contributed by atoms with E-state index in [9.17, 15) is 18.0 Å². The fourth-order valence-corrected chi connectivity index (χ4v) is 6.22. The first kappa shape index (κ1) is 32.2. The highest BCUT2D eigenvalue weighted by Crippen LogP contribution is 2.33. The molecule has 220 valence electrons. The first-order valence-corrected chi connectivity index (χ1v) is 15.5. The molecule has 3 aromatic rings. The van der Waals surface area contributed by atoms with Crippen molar-refractivity contribution in [3.05, 3.63) is 88.4 Å². The third kappa shape index (κ3) is 8.15. The van der Waals surface area contributed by atoms with Crippen molar-refractivity contribution in [2.45, 2.75) is 57.6 Å². The molecular weight excluding hydrogens is 585 g/mol. The highest BCUT2D eigenvalue weighted by Gasteiger charge is 2.35. The summed E-state index contributed by atoms with van der Waals surface area (Å²) in [6, 6.07) is 18.3. The van der Waals surface area contributed by atoms with Gasteiger partial charge in [0.2, 0.25) is 11.8 Å². The molecule has 1 N–H and O–H groups in total. The number of nitrogens with one attached hydrogen (secondary N) is 1. The molecule has 0 spiro atoms. The predicted molar refractivity (Wildman–Crippen MR) is 163 cm³/mol. The summed E-state index contributed by atoms with van der Waals surface area (Å²) in [6.45, 7) is 6.89. The predicted octanol–water partition coefficient (Wildman–Crippen LogP) is 5.92. The number of rotatable bonds is 13. The van der Waals surface area contributed by atoms with Crippen LogP contribution < -0.4 is 14.4 Å². The van der Waals surface area contributed by atoms with Crippen molar-refractivity contribution in [2.75, 3.05) is 17.5 Å². The van der Waals surface area contributed by atoms with Crippen LogP contribution in [0.1, 0.15) is 39.7 Å². The van der Waals surface area contributed by atoms with E-state index in [-0.39, 0.29) is 35.5 Å². The lowest BCUT2D eigenvalue weighted by Crippen LogP contribution is -2.53. The number of amides is 2. The summed E-state index contributed by atoms with van der Waals surface area (Å²) >= 11 is 12.5. The fourth-order valence-electron chi connectivity index (χ4n) is 4.31. The summed E-state index contributed by atoms with van der Waals surface area (Å²) < 4.78 is 34.8. The van der Waals surface area contributed by atoms with E-state index >= 15 is 0 Å². The molecule has 0 aliphatic carbocycles. The molecule has 0 unspecified atom stereocenters. The van der Waals surface area contributed by atoms with Crippen molar-refractivity contribution in [3.63, 3.8) is 0 Å². The number of nitrogens with zero attached hydrogens (tertiary/aromatic N) is 2. The smallest absolute Gasteiger partial charge is 0.264 e. The topological polar surface area (TPSA) is 96.0 Å². The van der Waals surface area contributed by atoms with E-state index in [0.29, 0.717) is 28.0 Å². The minimum atomic E-state index is -4.22. The SMILES string of the molecule is CCOc1ccccc1N(CC(=O)N(Cc1ccc(Cl)cc1Cl)[C@@H](CC)C(=O)NC(C)C)S(=O)(=O)c1ccccc1. The quantitative estimate of drug-likeness (QED) is 0.256. The zero-order valence-electron chi connectivity index (χ0n) is 23.5. The zero-order chi connectivity index (χ0) is 30.2. The van der Waals surface area contributed by atoms with E-state index in [0.717, 1.165) is 4.31 Å². The molecule has 0 aliphatic heterocycles. The first-order chi connectivity index (χ1) is 19.5. The van der Waals surface area contributed by atoms with Crippen molar-refractivity contribution in [1.82, 2.24) is 10.2 Å². The van der Waals surface area contributed by atoms with E-state index in [1.54, 1.807) is 74.5 Å². The van der Waals surface area contributed by atoms with Crippen LogP contribution in [-0.4, -0.2) is 50.4 Å². The largest absolute Gasteiger partial charge is 0.492 e. The van der Waals surface area contributed by atoms with Crippen LogP contribution in [0.2, 0.25) is 10.0 Å². The molecule has 3 aromatic carbocycles. The molecule has 0 aromatic heterocycles. The van der Waals surface area contributed by atoms with Gasteiger partial charge in [0.05, 0.1) is 17.2 Å². The van der Waals surface area contributed by atoms with Crippen molar-refractivity contribution < 1.29 is 22.7 Å². The second kappa shape index (κ2) is 14.6. The molecule has 8 nitrogen and oxygen atoms in total. The third-order valence-electron chi connectivity index (χ3n) is 6.22. The number of carbonyl (C=O) groups excluding carboxylic acids is 2. The van der Waals surface area contributed by atoms with E-state index in [2.05, 4.69) is 5.32 Å². The average molecular weight is 621 g/mol. The molecule has 2 amide bonds. The van der Waals surface area contributed by atoms with Gasteiger partial charge in [0.1, 0.15) is 18.3 Å². The van der Waals surface area contributed by atoms with Crippen LogP contribution in [0.5, 0.6) is 5.75 Å². The third-order valence-corrected chi connectivity index (χ3v) is 8.58. The van der Waals surface area contributed by atoms with E-state index in [4.69, 9.17) is 27.9 Å². The maximum absolute atomic E-state index is 14.2. The Morgan fingerprint density at radius 3 is 2.22 bits per heavy atom. The molecule has 0 aliphatic rings. The number of anilines is 1. The number of halogens is 2. The van der Waals surface area contributed by atoms with Gasteiger partial charge in [-0.15, -0.1) is 0 Å². The number of hydrogen-bond donors (Lipinski definition) is 1. The Hall–Kier alpha value is -3.27. The van der Waals surface area contributed by atoms with Crippen molar-refractivity contribution >= 4 is 50.7 Å². The first-order valence-electron chi connectivity index (χ1n) is 13.3. The van der Waals surface area contributed by atoms with Gasteiger partial charge in [-0.3, -0.25) is 13.9 Å². The van der Waals surface area contributed by atoms with Gasteiger partial charge in [-0.2, -0.15) is 0 Å². The van der Waals surface area contributed by atoms with E-state index in [1.807, 2.05) is 13.8 Å². The molecule has 0 fully saturated rings. The van der Waals surface area contributed by atoms with Crippen LogP contribution in [-0.2, 0) is 26.2 Å². The van der Waals surface area contributed by atoms with Gasteiger partial charge in [-0.1, -0.05) is 66.5 Å². The lowest BCUT2D eigenvalue weighted by Gasteiger charge is -2.34. The monoisotopic (exact) mass is 619 g/mol. The molecule has 1 atom stereocenters. The molecule has 3 rings (SSSR count). The Balaban J connectivity index is 2.12. The average Bonchev–Trinajstić information content (AvgIpc) is 2.93. The van der Waals surface area contributed by atoms with Gasteiger partial charge < -0.3 is 15.0 Å². The molecule has 0 radical (unpaired) electrons. The summed E-state index contributed by atoms with van der Waals surface area (Å²) in [7, 11) is -4.22. The molecule has 0 saturated heterocycles. The highest BCUT2D eigenvalue weighted by molar-refractivity contribution is 7.92. The molecule has 41 heavy (non-hydrogen) atoms. The van der Waals surface area contributed by atoms with E-state index < -0.39 is 28.5 Å². The van der Waals surface area contributed by atoms with Gasteiger partial charge in [-0.25, -0.2) is 8.42 Å². The lowest BCUT2D eigenvalue weighted by molar-refractivity contribution is -0.140. The van der Waals surface area contributed by atoms with Crippen molar-refractivity contribution in [3.8, 4) is 5.75 Å².